The van der Waals surface area contributed by atoms with Crippen LogP contribution in [0.15, 0.2) is 54.1 Å². The highest BCUT2D eigenvalue weighted by Gasteiger charge is 2.11. The Morgan fingerprint density at radius 2 is 1.96 bits per heavy atom. The summed E-state index contributed by atoms with van der Waals surface area (Å²) in [7, 11) is 1.56. The predicted octanol–water partition coefficient (Wildman–Crippen LogP) is 4.42. The second kappa shape index (κ2) is 9.90. The van der Waals surface area contributed by atoms with Gasteiger partial charge >= 0.3 is 0 Å². The molecule has 0 fully saturated rings. The molecule has 0 bridgehead atoms. The van der Waals surface area contributed by atoms with Crippen molar-refractivity contribution in [1.29, 1.82) is 5.26 Å². The molecule has 0 saturated carbocycles. The van der Waals surface area contributed by atoms with Crippen molar-refractivity contribution in [2.45, 2.75) is 19.8 Å². The van der Waals surface area contributed by atoms with Crippen molar-refractivity contribution < 1.29 is 14.3 Å². The predicted molar refractivity (Wildman–Crippen MR) is 102 cm³/mol. The van der Waals surface area contributed by atoms with Gasteiger partial charge in [-0.05, 0) is 42.3 Å². The van der Waals surface area contributed by atoms with Crippen LogP contribution in [0.5, 0.6) is 11.5 Å². The lowest BCUT2D eigenvalue weighted by Crippen LogP contribution is -2.13. The average Bonchev–Trinajstić information content (AvgIpc) is 2.67. The first-order valence-electron chi connectivity index (χ1n) is 8.47. The summed E-state index contributed by atoms with van der Waals surface area (Å²) in [6.45, 7) is 2.71. The third kappa shape index (κ3) is 5.38. The molecule has 26 heavy (non-hydrogen) atoms. The number of carbonyl (C=O) groups is 1. The summed E-state index contributed by atoms with van der Waals surface area (Å²) in [6.07, 6.45) is 3.53. The summed E-state index contributed by atoms with van der Waals surface area (Å²) in [5, 5.41) is 12.0. The van der Waals surface area contributed by atoms with Crippen LogP contribution in [0.3, 0.4) is 0 Å². The number of benzene rings is 2. The molecule has 0 aliphatic heterocycles. The van der Waals surface area contributed by atoms with Crippen LogP contribution >= 0.6 is 0 Å². The Hall–Kier alpha value is -3.26. The molecular weight excluding hydrogens is 328 g/mol. The fraction of sp³-hybridized carbons (Fsp3) is 0.238. The number of carbonyl (C=O) groups excluding carboxylic acids is 1. The highest BCUT2D eigenvalue weighted by atomic mass is 16.5. The molecule has 0 unspecified atom stereocenters. The van der Waals surface area contributed by atoms with Crippen molar-refractivity contribution >= 4 is 17.7 Å². The zero-order chi connectivity index (χ0) is 18.8. The minimum atomic E-state index is -0.457. The van der Waals surface area contributed by atoms with Crippen molar-refractivity contribution in [1.82, 2.24) is 0 Å². The molecule has 2 aromatic carbocycles. The van der Waals surface area contributed by atoms with E-state index in [9.17, 15) is 10.1 Å². The molecule has 0 aromatic heterocycles. The van der Waals surface area contributed by atoms with E-state index in [1.807, 2.05) is 24.3 Å². The fourth-order valence-corrected chi connectivity index (χ4v) is 2.25. The minimum absolute atomic E-state index is 0.00978. The highest BCUT2D eigenvalue weighted by molar-refractivity contribution is 6.09. The third-order valence-electron chi connectivity index (χ3n) is 3.65. The van der Waals surface area contributed by atoms with Crippen LogP contribution in [0, 0.1) is 11.3 Å². The Morgan fingerprint density at radius 1 is 1.19 bits per heavy atom. The van der Waals surface area contributed by atoms with Crippen molar-refractivity contribution in [2.75, 3.05) is 19.0 Å². The maximum atomic E-state index is 12.3. The first kappa shape index (κ1) is 19.1. The van der Waals surface area contributed by atoms with Crippen LogP contribution in [0.25, 0.3) is 6.08 Å². The van der Waals surface area contributed by atoms with E-state index in [0.717, 1.165) is 12.8 Å². The quantitative estimate of drug-likeness (QED) is 0.434. The van der Waals surface area contributed by atoms with Gasteiger partial charge in [-0.15, -0.1) is 0 Å². The SMILES string of the molecule is CCCCOc1ccc(/C=C(\C#N)C(=O)Nc2ccccc2)cc1OC. The minimum Gasteiger partial charge on any atom is -0.493 e. The molecule has 0 atom stereocenters. The van der Waals surface area contributed by atoms with Gasteiger partial charge in [0.05, 0.1) is 13.7 Å². The molecule has 2 rings (SSSR count). The molecule has 0 aliphatic rings. The maximum Gasteiger partial charge on any atom is 0.266 e. The molecule has 1 N–H and O–H groups in total. The van der Waals surface area contributed by atoms with Gasteiger partial charge in [0, 0.05) is 5.69 Å². The number of unbranched alkanes of at least 4 members (excludes halogenated alkanes) is 1. The number of hydrogen-bond donors (Lipinski definition) is 1. The largest absolute Gasteiger partial charge is 0.493 e. The van der Waals surface area contributed by atoms with Gasteiger partial charge < -0.3 is 14.8 Å². The first-order chi connectivity index (χ1) is 12.7. The Labute approximate surface area is 153 Å². The number of nitriles is 1. The van der Waals surface area contributed by atoms with Crippen molar-refractivity contribution in [3.63, 3.8) is 0 Å². The number of nitrogens with one attached hydrogen (secondary N) is 1. The van der Waals surface area contributed by atoms with Crippen molar-refractivity contribution in [3.05, 3.63) is 59.7 Å². The molecule has 2 aromatic rings. The van der Waals surface area contributed by atoms with Crippen LogP contribution in [0.2, 0.25) is 0 Å². The fourth-order valence-electron chi connectivity index (χ4n) is 2.25. The molecule has 0 radical (unpaired) electrons. The van der Waals surface area contributed by atoms with Crippen LogP contribution in [0.4, 0.5) is 5.69 Å². The lowest BCUT2D eigenvalue weighted by atomic mass is 10.1. The molecule has 0 aliphatic carbocycles. The average molecular weight is 350 g/mol. The summed E-state index contributed by atoms with van der Waals surface area (Å²) < 4.78 is 11.0. The number of ether oxygens (including phenoxy) is 2. The van der Waals surface area contributed by atoms with Crippen molar-refractivity contribution in [3.8, 4) is 17.6 Å². The van der Waals surface area contributed by atoms with E-state index in [1.54, 1.807) is 37.4 Å². The topological polar surface area (TPSA) is 71.3 Å². The van der Waals surface area contributed by atoms with Crippen LogP contribution < -0.4 is 14.8 Å². The molecule has 5 heteroatoms. The smallest absolute Gasteiger partial charge is 0.266 e. The standard InChI is InChI=1S/C21H22N2O3/c1-3-4-12-26-19-11-10-16(14-20(19)25-2)13-17(15-22)21(24)23-18-8-6-5-7-9-18/h5-11,13-14H,3-4,12H2,1-2H3,(H,23,24)/b17-13+. The second-order valence-corrected chi connectivity index (χ2v) is 5.60. The number of methoxy groups -OCH3 is 1. The van der Waals surface area contributed by atoms with Gasteiger partial charge in [0.15, 0.2) is 11.5 Å². The number of anilines is 1. The molecule has 1 amide bonds. The molecular formula is C21H22N2O3. The zero-order valence-corrected chi connectivity index (χ0v) is 15.0. The molecule has 5 nitrogen and oxygen atoms in total. The maximum absolute atomic E-state index is 12.3. The van der Waals surface area contributed by atoms with E-state index >= 15 is 0 Å². The van der Waals surface area contributed by atoms with Gasteiger partial charge in [-0.3, -0.25) is 4.79 Å². The van der Waals surface area contributed by atoms with E-state index in [1.165, 1.54) is 6.08 Å². The zero-order valence-electron chi connectivity index (χ0n) is 15.0. The highest BCUT2D eigenvalue weighted by Crippen LogP contribution is 2.29. The number of hydrogen-bond acceptors (Lipinski definition) is 4. The summed E-state index contributed by atoms with van der Waals surface area (Å²) in [5.41, 5.74) is 1.33. The van der Waals surface area contributed by atoms with E-state index in [4.69, 9.17) is 9.47 Å². The lowest BCUT2D eigenvalue weighted by molar-refractivity contribution is -0.112. The molecule has 0 heterocycles. The van der Waals surface area contributed by atoms with E-state index in [-0.39, 0.29) is 5.57 Å². The summed E-state index contributed by atoms with van der Waals surface area (Å²) in [4.78, 5) is 12.3. The summed E-state index contributed by atoms with van der Waals surface area (Å²) in [5.74, 6) is 0.752. The Kier molecular flexibility index (Phi) is 7.26. The molecule has 0 spiro atoms. The van der Waals surface area contributed by atoms with Gasteiger partial charge in [-0.25, -0.2) is 0 Å². The molecule has 0 saturated heterocycles. The number of para-hydroxylation sites is 1. The Bertz CT molecular complexity index is 808. The van der Waals surface area contributed by atoms with Crippen molar-refractivity contribution in [2.24, 2.45) is 0 Å². The molecule has 134 valence electrons. The van der Waals surface area contributed by atoms with Gasteiger partial charge in [0.2, 0.25) is 0 Å². The second-order valence-electron chi connectivity index (χ2n) is 5.60. The van der Waals surface area contributed by atoms with Gasteiger partial charge in [0.25, 0.3) is 5.91 Å². The summed E-state index contributed by atoms with van der Waals surface area (Å²) in [6, 6.07) is 16.3. The third-order valence-corrected chi connectivity index (χ3v) is 3.65. The van der Waals surface area contributed by atoms with E-state index in [2.05, 4.69) is 12.2 Å². The Balaban J connectivity index is 2.17. The van der Waals surface area contributed by atoms with Gasteiger partial charge in [-0.2, -0.15) is 5.26 Å². The van der Waals surface area contributed by atoms with E-state index in [0.29, 0.717) is 29.4 Å². The number of amides is 1. The Morgan fingerprint density at radius 3 is 2.62 bits per heavy atom. The van der Waals surface area contributed by atoms with Gasteiger partial charge in [0.1, 0.15) is 11.6 Å². The van der Waals surface area contributed by atoms with Crippen LogP contribution in [0.1, 0.15) is 25.3 Å². The first-order valence-corrected chi connectivity index (χ1v) is 8.47. The number of nitrogens with zero attached hydrogens (tertiary/aromatic N) is 1. The normalized spacial score (nSPS) is 10.7. The van der Waals surface area contributed by atoms with Crippen LogP contribution in [-0.4, -0.2) is 19.6 Å². The monoisotopic (exact) mass is 350 g/mol. The van der Waals surface area contributed by atoms with E-state index < -0.39 is 5.91 Å². The van der Waals surface area contributed by atoms with Gasteiger partial charge in [-0.1, -0.05) is 37.6 Å². The lowest BCUT2D eigenvalue weighted by Gasteiger charge is -2.11. The number of rotatable bonds is 8. The van der Waals surface area contributed by atoms with Crippen LogP contribution in [-0.2, 0) is 4.79 Å². The summed E-state index contributed by atoms with van der Waals surface area (Å²) >= 11 is 0.